The first-order valence-corrected chi connectivity index (χ1v) is 12.2. The lowest BCUT2D eigenvalue weighted by atomic mass is 10.1. The Hall–Kier alpha value is -3.49. The average Bonchev–Trinajstić information content (AvgIpc) is 2.74. The number of nitrogens with one attached hydrogen (secondary N) is 1. The molecule has 2 amide bonds. The smallest absolute Gasteiger partial charge is 0.248 e. The van der Waals surface area contributed by atoms with Crippen LogP contribution in [0.3, 0.4) is 0 Å². The second-order valence-corrected chi connectivity index (χ2v) is 10.4. The topological polar surface area (TPSA) is 110 Å². The standard InChI is InChI=1S/C26H29N3O4S/c1-17-5-7-21(8-6-17)15-29(34(32,33)25-19(3)13-18(2)14-20(25)4)16-24(30)28-23-11-9-22(10-12-23)26(27)31/h5-14H,15-16H2,1-4H3,(H2,27,31)(H,28,30). The minimum Gasteiger partial charge on any atom is -0.366 e. The molecule has 0 saturated carbocycles. The van der Waals surface area contributed by atoms with Crippen LogP contribution in [-0.4, -0.2) is 31.1 Å². The maximum atomic E-state index is 13.8. The van der Waals surface area contributed by atoms with Crippen molar-refractivity contribution in [1.29, 1.82) is 0 Å². The van der Waals surface area contributed by atoms with Crippen molar-refractivity contribution in [3.63, 3.8) is 0 Å². The molecule has 7 nitrogen and oxygen atoms in total. The van der Waals surface area contributed by atoms with Gasteiger partial charge in [0.15, 0.2) is 0 Å². The predicted octanol–water partition coefficient (Wildman–Crippen LogP) is 3.85. The van der Waals surface area contributed by atoms with Gasteiger partial charge in [-0.15, -0.1) is 0 Å². The summed E-state index contributed by atoms with van der Waals surface area (Å²) in [5.41, 5.74) is 10.1. The molecule has 0 unspecified atom stereocenters. The van der Waals surface area contributed by atoms with Crippen LogP contribution in [0.15, 0.2) is 65.6 Å². The molecule has 0 aliphatic carbocycles. The minimum atomic E-state index is -3.98. The van der Waals surface area contributed by atoms with Crippen molar-refractivity contribution in [2.45, 2.75) is 39.1 Å². The maximum Gasteiger partial charge on any atom is 0.248 e. The van der Waals surface area contributed by atoms with Gasteiger partial charge in [0, 0.05) is 17.8 Å². The summed E-state index contributed by atoms with van der Waals surface area (Å²) >= 11 is 0. The van der Waals surface area contributed by atoms with Crippen LogP contribution < -0.4 is 11.1 Å². The predicted molar refractivity (Wildman–Crippen MR) is 133 cm³/mol. The zero-order valence-electron chi connectivity index (χ0n) is 19.8. The number of nitrogens with zero attached hydrogens (tertiary/aromatic N) is 1. The lowest BCUT2D eigenvalue weighted by molar-refractivity contribution is -0.116. The molecular weight excluding hydrogens is 450 g/mol. The molecule has 3 N–H and O–H groups in total. The Morgan fingerprint density at radius 2 is 1.41 bits per heavy atom. The molecule has 0 spiro atoms. The summed E-state index contributed by atoms with van der Waals surface area (Å²) < 4.78 is 28.7. The van der Waals surface area contributed by atoms with Crippen molar-refractivity contribution < 1.29 is 18.0 Å². The van der Waals surface area contributed by atoms with Gasteiger partial charge < -0.3 is 11.1 Å². The third-order valence-electron chi connectivity index (χ3n) is 5.46. The van der Waals surface area contributed by atoms with E-state index in [9.17, 15) is 18.0 Å². The fraction of sp³-hybridized carbons (Fsp3) is 0.231. The number of hydrogen-bond acceptors (Lipinski definition) is 4. The highest BCUT2D eigenvalue weighted by Crippen LogP contribution is 2.26. The van der Waals surface area contributed by atoms with E-state index in [-0.39, 0.29) is 18.0 Å². The Morgan fingerprint density at radius 1 is 0.853 bits per heavy atom. The molecule has 0 heterocycles. The SMILES string of the molecule is Cc1ccc(CN(CC(=O)Nc2ccc(C(N)=O)cc2)S(=O)(=O)c2c(C)cc(C)cc2C)cc1. The first-order chi connectivity index (χ1) is 16.0. The third kappa shape index (κ3) is 5.89. The van der Waals surface area contributed by atoms with E-state index >= 15 is 0 Å². The van der Waals surface area contributed by atoms with Crippen molar-refractivity contribution in [3.05, 3.63) is 94.0 Å². The van der Waals surface area contributed by atoms with Gasteiger partial charge in [-0.05, 0) is 68.7 Å². The van der Waals surface area contributed by atoms with Gasteiger partial charge >= 0.3 is 0 Å². The molecule has 3 aromatic rings. The Morgan fingerprint density at radius 3 is 1.94 bits per heavy atom. The molecule has 0 bridgehead atoms. The van der Waals surface area contributed by atoms with Crippen LogP contribution in [-0.2, 0) is 21.4 Å². The van der Waals surface area contributed by atoms with E-state index in [1.807, 2.05) is 50.2 Å². The van der Waals surface area contributed by atoms with Crippen molar-refractivity contribution in [1.82, 2.24) is 4.31 Å². The fourth-order valence-electron chi connectivity index (χ4n) is 3.90. The van der Waals surface area contributed by atoms with E-state index in [0.29, 0.717) is 22.4 Å². The number of rotatable bonds is 8. The molecule has 8 heteroatoms. The van der Waals surface area contributed by atoms with Crippen LogP contribution in [0.1, 0.15) is 38.2 Å². The number of carbonyl (C=O) groups is 2. The van der Waals surface area contributed by atoms with E-state index in [2.05, 4.69) is 5.32 Å². The van der Waals surface area contributed by atoms with E-state index in [1.54, 1.807) is 26.0 Å². The summed E-state index contributed by atoms with van der Waals surface area (Å²) in [6.45, 7) is 7.06. The average molecular weight is 480 g/mol. The van der Waals surface area contributed by atoms with Crippen LogP contribution >= 0.6 is 0 Å². The van der Waals surface area contributed by atoms with Gasteiger partial charge in [-0.3, -0.25) is 9.59 Å². The number of nitrogens with two attached hydrogens (primary N) is 1. The van der Waals surface area contributed by atoms with Crippen molar-refractivity contribution in [2.24, 2.45) is 5.73 Å². The van der Waals surface area contributed by atoms with E-state index in [1.165, 1.54) is 16.4 Å². The number of carbonyl (C=O) groups excluding carboxylic acids is 2. The van der Waals surface area contributed by atoms with Gasteiger partial charge in [0.1, 0.15) is 0 Å². The third-order valence-corrected chi connectivity index (χ3v) is 7.55. The summed E-state index contributed by atoms with van der Waals surface area (Å²) in [7, 11) is -3.98. The summed E-state index contributed by atoms with van der Waals surface area (Å²) in [5, 5.41) is 2.70. The number of hydrogen-bond donors (Lipinski definition) is 2. The Labute approximate surface area is 200 Å². The van der Waals surface area contributed by atoms with Crippen molar-refractivity contribution in [2.75, 3.05) is 11.9 Å². The van der Waals surface area contributed by atoms with E-state index in [4.69, 9.17) is 5.73 Å². The van der Waals surface area contributed by atoms with Crippen LogP contribution in [0.4, 0.5) is 5.69 Å². The first-order valence-electron chi connectivity index (χ1n) is 10.8. The van der Waals surface area contributed by atoms with E-state index in [0.717, 1.165) is 16.7 Å². The molecule has 0 aromatic heterocycles. The normalized spacial score (nSPS) is 11.4. The molecule has 0 aliphatic rings. The molecule has 0 radical (unpaired) electrons. The lowest BCUT2D eigenvalue weighted by Crippen LogP contribution is -2.38. The number of aryl methyl sites for hydroxylation is 4. The number of benzene rings is 3. The number of primary amides is 1. The molecular formula is C26H29N3O4S. The second-order valence-electron chi connectivity index (χ2n) is 8.48. The molecule has 0 atom stereocenters. The van der Waals surface area contributed by atoms with Crippen molar-refractivity contribution >= 4 is 27.5 Å². The molecule has 3 aromatic carbocycles. The van der Waals surface area contributed by atoms with Gasteiger partial charge in [0.25, 0.3) is 0 Å². The highest BCUT2D eigenvalue weighted by molar-refractivity contribution is 7.89. The summed E-state index contributed by atoms with van der Waals surface area (Å²) in [6, 6.07) is 17.3. The van der Waals surface area contributed by atoms with Gasteiger partial charge in [0.2, 0.25) is 21.8 Å². The highest BCUT2D eigenvalue weighted by atomic mass is 32.2. The quantitative estimate of drug-likeness (QED) is 0.511. The number of sulfonamides is 1. The number of amides is 2. The fourth-order valence-corrected chi connectivity index (χ4v) is 5.70. The lowest BCUT2D eigenvalue weighted by Gasteiger charge is -2.24. The first kappa shape index (κ1) is 25.1. The molecule has 178 valence electrons. The monoisotopic (exact) mass is 479 g/mol. The van der Waals surface area contributed by atoms with Gasteiger partial charge in [-0.25, -0.2) is 8.42 Å². The number of anilines is 1. The molecule has 0 fully saturated rings. The molecule has 34 heavy (non-hydrogen) atoms. The van der Waals surface area contributed by atoms with Gasteiger partial charge in [-0.1, -0.05) is 47.5 Å². The molecule has 0 aliphatic heterocycles. The van der Waals surface area contributed by atoms with Gasteiger partial charge in [-0.2, -0.15) is 4.31 Å². The van der Waals surface area contributed by atoms with Crippen LogP contribution in [0.25, 0.3) is 0 Å². The molecule has 0 saturated heterocycles. The zero-order chi connectivity index (χ0) is 25.0. The minimum absolute atomic E-state index is 0.0450. The van der Waals surface area contributed by atoms with Crippen LogP contribution in [0.5, 0.6) is 0 Å². The maximum absolute atomic E-state index is 13.8. The van der Waals surface area contributed by atoms with Gasteiger partial charge in [0.05, 0.1) is 11.4 Å². The van der Waals surface area contributed by atoms with Crippen LogP contribution in [0, 0.1) is 27.7 Å². The summed E-state index contributed by atoms with van der Waals surface area (Å²) in [5.74, 6) is -1.07. The van der Waals surface area contributed by atoms with Crippen LogP contribution in [0.2, 0.25) is 0 Å². The molecule has 3 rings (SSSR count). The van der Waals surface area contributed by atoms with Crippen molar-refractivity contribution in [3.8, 4) is 0 Å². The summed E-state index contributed by atoms with van der Waals surface area (Å²) in [4.78, 5) is 24.3. The zero-order valence-corrected chi connectivity index (χ0v) is 20.6. The Bertz CT molecular complexity index is 1290. The largest absolute Gasteiger partial charge is 0.366 e. The Balaban J connectivity index is 1.92. The second kappa shape index (κ2) is 10.2. The Kier molecular flexibility index (Phi) is 7.54. The summed E-state index contributed by atoms with van der Waals surface area (Å²) in [6.07, 6.45) is 0. The highest BCUT2D eigenvalue weighted by Gasteiger charge is 2.30. The van der Waals surface area contributed by atoms with E-state index < -0.39 is 21.8 Å².